The van der Waals surface area contributed by atoms with Gasteiger partial charge in [-0.1, -0.05) is 12.1 Å². The normalized spacial score (nSPS) is 19.0. The van der Waals surface area contributed by atoms with Crippen LogP contribution in [0.3, 0.4) is 0 Å². The Morgan fingerprint density at radius 1 is 1.32 bits per heavy atom. The van der Waals surface area contributed by atoms with Crippen LogP contribution < -0.4 is 11.1 Å². The molecule has 6 heteroatoms. The largest absolute Gasteiger partial charge is 0.398 e. The van der Waals surface area contributed by atoms with Crippen LogP contribution >= 0.6 is 0 Å². The number of nitrogens with one attached hydrogen (secondary N) is 1. The molecule has 0 bridgehead atoms. The zero-order valence-corrected chi connectivity index (χ0v) is 11.7. The van der Waals surface area contributed by atoms with Gasteiger partial charge in [0, 0.05) is 11.7 Å². The average Bonchev–Trinajstić information content (AvgIpc) is 2.32. The molecule has 0 atom stereocenters. The molecule has 1 fully saturated rings. The van der Waals surface area contributed by atoms with Crippen molar-refractivity contribution in [3.63, 3.8) is 0 Å². The van der Waals surface area contributed by atoms with Gasteiger partial charge in [0.1, 0.15) is 9.84 Å². The number of amides is 1. The topological polar surface area (TPSA) is 89.3 Å². The maximum absolute atomic E-state index is 12.2. The fourth-order valence-corrected chi connectivity index (χ4v) is 3.78. The van der Waals surface area contributed by atoms with Crippen molar-refractivity contribution in [3.8, 4) is 0 Å². The van der Waals surface area contributed by atoms with Crippen LogP contribution in [0.2, 0.25) is 0 Å². The van der Waals surface area contributed by atoms with E-state index in [1.165, 1.54) is 0 Å². The van der Waals surface area contributed by atoms with Crippen molar-refractivity contribution in [2.24, 2.45) is 0 Å². The van der Waals surface area contributed by atoms with Crippen LogP contribution in [-0.2, 0) is 9.84 Å². The fourth-order valence-electron chi connectivity index (χ4n) is 2.29. The molecule has 0 aliphatic carbocycles. The van der Waals surface area contributed by atoms with Gasteiger partial charge in [-0.25, -0.2) is 8.42 Å². The second-order valence-electron chi connectivity index (χ2n) is 4.94. The van der Waals surface area contributed by atoms with Gasteiger partial charge in [-0.15, -0.1) is 0 Å². The molecule has 1 saturated heterocycles. The van der Waals surface area contributed by atoms with E-state index in [0.717, 1.165) is 5.56 Å². The summed E-state index contributed by atoms with van der Waals surface area (Å²) in [6.07, 6.45) is 0.944. The molecule has 104 valence electrons. The number of benzene rings is 1. The number of rotatable bonds is 2. The minimum Gasteiger partial charge on any atom is -0.398 e. The van der Waals surface area contributed by atoms with Crippen LogP contribution in [0.1, 0.15) is 28.8 Å². The Bertz CT molecular complexity index is 562. The number of hydrogen-bond acceptors (Lipinski definition) is 4. The van der Waals surface area contributed by atoms with E-state index in [1.54, 1.807) is 12.1 Å². The molecule has 1 heterocycles. The molecular formula is C13H18N2O3S. The smallest absolute Gasteiger partial charge is 0.253 e. The van der Waals surface area contributed by atoms with Gasteiger partial charge in [-0.2, -0.15) is 0 Å². The first-order valence-corrected chi connectivity index (χ1v) is 8.07. The first kappa shape index (κ1) is 13.9. The first-order chi connectivity index (χ1) is 8.89. The third-order valence-corrected chi connectivity index (χ3v) is 5.14. The second kappa shape index (κ2) is 5.21. The molecule has 0 radical (unpaired) electrons. The Morgan fingerprint density at radius 3 is 2.53 bits per heavy atom. The molecule has 1 aliphatic rings. The first-order valence-electron chi connectivity index (χ1n) is 6.25. The highest BCUT2D eigenvalue weighted by atomic mass is 32.2. The van der Waals surface area contributed by atoms with E-state index in [1.807, 2.05) is 13.0 Å². The predicted octanol–water partition coefficient (Wildman–Crippen LogP) is 0.884. The van der Waals surface area contributed by atoms with Gasteiger partial charge in [0.15, 0.2) is 0 Å². The number of sulfone groups is 1. The lowest BCUT2D eigenvalue weighted by molar-refractivity contribution is 0.0934. The number of nitrogen functional groups attached to an aromatic ring is 1. The Labute approximate surface area is 113 Å². The van der Waals surface area contributed by atoms with Gasteiger partial charge in [0.05, 0.1) is 17.1 Å². The van der Waals surface area contributed by atoms with Crippen molar-refractivity contribution < 1.29 is 13.2 Å². The minimum absolute atomic E-state index is 0.0879. The minimum atomic E-state index is -2.91. The van der Waals surface area contributed by atoms with Crippen LogP contribution in [0.4, 0.5) is 5.69 Å². The number of nitrogens with two attached hydrogens (primary N) is 1. The number of anilines is 1. The quantitative estimate of drug-likeness (QED) is 0.788. The van der Waals surface area contributed by atoms with E-state index >= 15 is 0 Å². The zero-order valence-electron chi connectivity index (χ0n) is 10.8. The Morgan fingerprint density at radius 2 is 1.95 bits per heavy atom. The van der Waals surface area contributed by atoms with E-state index in [-0.39, 0.29) is 23.5 Å². The monoisotopic (exact) mass is 282 g/mol. The van der Waals surface area contributed by atoms with Crippen molar-refractivity contribution in [2.45, 2.75) is 25.8 Å². The van der Waals surface area contributed by atoms with Crippen molar-refractivity contribution in [1.82, 2.24) is 5.32 Å². The van der Waals surface area contributed by atoms with E-state index in [4.69, 9.17) is 5.73 Å². The summed E-state index contributed by atoms with van der Waals surface area (Å²) >= 11 is 0. The summed E-state index contributed by atoms with van der Waals surface area (Å²) in [6.45, 7) is 1.83. The summed E-state index contributed by atoms with van der Waals surface area (Å²) in [5, 5.41) is 2.87. The fraction of sp³-hybridized carbons (Fsp3) is 0.462. The van der Waals surface area contributed by atoms with Crippen LogP contribution in [0.5, 0.6) is 0 Å². The predicted molar refractivity (Wildman–Crippen MR) is 74.7 cm³/mol. The molecule has 0 spiro atoms. The van der Waals surface area contributed by atoms with Crippen molar-refractivity contribution in [2.75, 3.05) is 17.2 Å². The van der Waals surface area contributed by atoms with Crippen molar-refractivity contribution in [1.29, 1.82) is 0 Å². The number of aryl methyl sites for hydroxylation is 1. The highest BCUT2D eigenvalue weighted by Crippen LogP contribution is 2.18. The highest BCUT2D eigenvalue weighted by molar-refractivity contribution is 7.91. The molecule has 3 N–H and O–H groups in total. The lowest BCUT2D eigenvalue weighted by Gasteiger charge is -2.23. The molecule has 19 heavy (non-hydrogen) atoms. The summed E-state index contributed by atoms with van der Waals surface area (Å²) in [5.74, 6) is 0.0578. The highest BCUT2D eigenvalue weighted by Gasteiger charge is 2.25. The average molecular weight is 282 g/mol. The summed E-state index contributed by atoms with van der Waals surface area (Å²) < 4.78 is 22.7. The molecule has 2 rings (SSSR count). The van der Waals surface area contributed by atoms with Gasteiger partial charge in [0.2, 0.25) is 0 Å². The molecular weight excluding hydrogens is 264 g/mol. The lowest BCUT2D eigenvalue weighted by atomic mass is 10.0. The van der Waals surface area contributed by atoms with E-state index in [9.17, 15) is 13.2 Å². The summed E-state index contributed by atoms with van der Waals surface area (Å²) in [6, 6.07) is 5.23. The molecule has 5 nitrogen and oxygen atoms in total. The van der Waals surface area contributed by atoms with Crippen molar-refractivity contribution in [3.05, 3.63) is 29.3 Å². The van der Waals surface area contributed by atoms with E-state index in [2.05, 4.69) is 5.32 Å². The zero-order chi connectivity index (χ0) is 14.0. The SMILES string of the molecule is Cc1cccc(N)c1C(=O)NC1CCS(=O)(=O)CC1. The molecule has 1 aromatic carbocycles. The molecule has 1 amide bonds. The second-order valence-corrected chi connectivity index (χ2v) is 7.24. The van der Waals surface area contributed by atoms with E-state index < -0.39 is 9.84 Å². The van der Waals surface area contributed by atoms with Gasteiger partial charge in [0.25, 0.3) is 5.91 Å². The van der Waals surface area contributed by atoms with Crippen LogP contribution in [-0.4, -0.2) is 31.9 Å². The van der Waals surface area contributed by atoms with Gasteiger partial charge in [-0.05, 0) is 31.4 Å². The Kier molecular flexibility index (Phi) is 3.80. The van der Waals surface area contributed by atoms with Crippen molar-refractivity contribution >= 4 is 21.4 Å². The van der Waals surface area contributed by atoms with Gasteiger partial charge >= 0.3 is 0 Å². The van der Waals surface area contributed by atoms with Crippen LogP contribution in [0, 0.1) is 6.92 Å². The van der Waals surface area contributed by atoms with Crippen LogP contribution in [0.15, 0.2) is 18.2 Å². The molecule has 1 aliphatic heterocycles. The third-order valence-electron chi connectivity index (χ3n) is 3.42. The maximum Gasteiger partial charge on any atom is 0.253 e. The Hall–Kier alpha value is -1.56. The van der Waals surface area contributed by atoms with Gasteiger partial charge in [-0.3, -0.25) is 4.79 Å². The summed E-state index contributed by atoms with van der Waals surface area (Å²) in [5.41, 5.74) is 7.56. The molecule has 0 saturated carbocycles. The molecule has 0 aromatic heterocycles. The van der Waals surface area contributed by atoms with Crippen LogP contribution in [0.25, 0.3) is 0 Å². The third kappa shape index (κ3) is 3.26. The number of carbonyl (C=O) groups is 1. The Balaban J connectivity index is 2.06. The summed E-state index contributed by atoms with van der Waals surface area (Å²) in [7, 11) is -2.91. The molecule has 1 aromatic rings. The lowest BCUT2D eigenvalue weighted by Crippen LogP contribution is -2.41. The van der Waals surface area contributed by atoms with E-state index in [0.29, 0.717) is 24.1 Å². The summed E-state index contributed by atoms with van der Waals surface area (Å²) in [4.78, 5) is 12.2. The number of hydrogen-bond donors (Lipinski definition) is 2. The number of carbonyl (C=O) groups excluding carboxylic acids is 1. The standard InChI is InChI=1S/C13H18N2O3S/c1-9-3-2-4-11(14)12(9)13(16)15-10-5-7-19(17,18)8-6-10/h2-4,10H,5-8,14H2,1H3,(H,15,16). The maximum atomic E-state index is 12.2. The van der Waals surface area contributed by atoms with Gasteiger partial charge < -0.3 is 11.1 Å². The molecule has 0 unspecified atom stereocenters.